The summed E-state index contributed by atoms with van der Waals surface area (Å²) in [6.07, 6.45) is 1.64. The highest BCUT2D eigenvalue weighted by atomic mass is 35.5. The lowest BCUT2D eigenvalue weighted by atomic mass is 10.2. The standard InChI is InChI=1S/C13H8Cl4N2/c14-9-3-1-8(2-4-9)7-18-19-13-11(16)5-10(15)6-12(13)17/h1-7,19H/b18-7+. The number of anilines is 1. The van der Waals surface area contributed by atoms with Gasteiger partial charge in [-0.05, 0) is 29.8 Å². The first-order valence-electron chi connectivity index (χ1n) is 5.25. The van der Waals surface area contributed by atoms with Crippen LogP contribution in [0.5, 0.6) is 0 Å². The van der Waals surface area contributed by atoms with E-state index in [-0.39, 0.29) is 0 Å². The molecule has 1 N–H and O–H groups in total. The van der Waals surface area contributed by atoms with Gasteiger partial charge in [0, 0.05) is 10.0 Å². The van der Waals surface area contributed by atoms with Crippen LogP contribution in [0, 0.1) is 0 Å². The van der Waals surface area contributed by atoms with Crippen molar-refractivity contribution in [3.8, 4) is 0 Å². The highest BCUT2D eigenvalue weighted by molar-refractivity contribution is 6.41. The normalized spacial score (nSPS) is 10.9. The zero-order valence-corrected chi connectivity index (χ0v) is 12.5. The van der Waals surface area contributed by atoms with Crippen molar-refractivity contribution in [2.24, 2.45) is 5.10 Å². The fraction of sp³-hybridized carbons (Fsp3) is 0. The van der Waals surface area contributed by atoms with Gasteiger partial charge in [-0.2, -0.15) is 5.10 Å². The predicted octanol–water partition coefficient (Wildman–Crippen LogP) is 5.75. The highest BCUT2D eigenvalue weighted by Gasteiger charge is 2.06. The summed E-state index contributed by atoms with van der Waals surface area (Å²) in [7, 11) is 0. The van der Waals surface area contributed by atoms with Gasteiger partial charge < -0.3 is 0 Å². The van der Waals surface area contributed by atoms with Crippen LogP contribution in [0.4, 0.5) is 5.69 Å². The van der Waals surface area contributed by atoms with E-state index in [1.54, 1.807) is 30.5 Å². The zero-order valence-electron chi connectivity index (χ0n) is 9.50. The Bertz CT molecular complexity index is 586. The molecule has 0 saturated heterocycles. The van der Waals surface area contributed by atoms with Crippen molar-refractivity contribution in [3.63, 3.8) is 0 Å². The van der Waals surface area contributed by atoms with Gasteiger partial charge in [0.05, 0.1) is 21.9 Å². The van der Waals surface area contributed by atoms with Crippen LogP contribution in [0.25, 0.3) is 0 Å². The summed E-state index contributed by atoms with van der Waals surface area (Å²) < 4.78 is 0. The summed E-state index contributed by atoms with van der Waals surface area (Å²) in [5.41, 5.74) is 4.20. The molecule has 0 aliphatic heterocycles. The molecule has 0 bridgehead atoms. The molecule has 2 rings (SSSR count). The second-order valence-corrected chi connectivity index (χ2v) is 5.35. The fourth-order valence-corrected chi connectivity index (χ4v) is 2.40. The molecule has 0 spiro atoms. The van der Waals surface area contributed by atoms with Crippen molar-refractivity contribution >= 4 is 58.3 Å². The minimum atomic E-state index is 0.408. The number of benzene rings is 2. The Morgan fingerprint density at radius 2 is 1.42 bits per heavy atom. The predicted molar refractivity (Wildman–Crippen MR) is 84.1 cm³/mol. The van der Waals surface area contributed by atoms with Gasteiger partial charge in [0.25, 0.3) is 0 Å². The number of halogens is 4. The summed E-state index contributed by atoms with van der Waals surface area (Å²) in [4.78, 5) is 0. The van der Waals surface area contributed by atoms with Crippen LogP contribution in [0.3, 0.4) is 0 Å². The van der Waals surface area contributed by atoms with Gasteiger partial charge >= 0.3 is 0 Å². The quantitative estimate of drug-likeness (QED) is 0.561. The van der Waals surface area contributed by atoms with Crippen molar-refractivity contribution in [2.45, 2.75) is 0 Å². The lowest BCUT2D eigenvalue weighted by Gasteiger charge is -2.06. The van der Waals surface area contributed by atoms with Gasteiger partial charge in [0.2, 0.25) is 0 Å². The van der Waals surface area contributed by atoms with Crippen molar-refractivity contribution < 1.29 is 0 Å². The van der Waals surface area contributed by atoms with Gasteiger partial charge in [0.15, 0.2) is 0 Å². The smallest absolute Gasteiger partial charge is 0.0935 e. The zero-order chi connectivity index (χ0) is 13.8. The summed E-state index contributed by atoms with van der Waals surface area (Å²) in [5.74, 6) is 0. The molecule has 0 fully saturated rings. The van der Waals surface area contributed by atoms with Crippen LogP contribution in [0.2, 0.25) is 20.1 Å². The molecule has 0 amide bonds. The van der Waals surface area contributed by atoms with Crippen LogP contribution < -0.4 is 5.43 Å². The van der Waals surface area contributed by atoms with E-state index in [2.05, 4.69) is 10.5 Å². The maximum absolute atomic E-state index is 6.01. The van der Waals surface area contributed by atoms with Gasteiger partial charge in [-0.1, -0.05) is 58.5 Å². The molecule has 0 atom stereocenters. The topological polar surface area (TPSA) is 24.4 Å². The first kappa shape index (κ1) is 14.5. The van der Waals surface area contributed by atoms with E-state index in [4.69, 9.17) is 46.4 Å². The number of nitrogens with zero attached hydrogens (tertiary/aromatic N) is 1. The van der Waals surface area contributed by atoms with Crippen molar-refractivity contribution in [3.05, 3.63) is 62.1 Å². The lowest BCUT2D eigenvalue weighted by molar-refractivity contribution is 1.35. The first-order valence-corrected chi connectivity index (χ1v) is 6.76. The molecule has 19 heavy (non-hydrogen) atoms. The number of hydrogen-bond donors (Lipinski definition) is 1. The van der Waals surface area contributed by atoms with Crippen LogP contribution in [0.15, 0.2) is 41.5 Å². The maximum atomic E-state index is 6.01. The molecule has 0 saturated carbocycles. The number of nitrogens with one attached hydrogen (secondary N) is 1. The largest absolute Gasteiger partial charge is 0.275 e. The average molecular weight is 334 g/mol. The fourth-order valence-electron chi connectivity index (χ4n) is 1.37. The van der Waals surface area contributed by atoms with Gasteiger partial charge in [-0.15, -0.1) is 0 Å². The summed E-state index contributed by atoms with van der Waals surface area (Å²) in [6, 6.07) is 10.4. The molecule has 98 valence electrons. The Kier molecular flexibility index (Phi) is 4.94. The summed E-state index contributed by atoms with van der Waals surface area (Å²) in [5, 5.41) is 6.03. The molecule has 2 aromatic carbocycles. The number of rotatable bonds is 3. The van der Waals surface area contributed by atoms with Crippen molar-refractivity contribution in [1.29, 1.82) is 0 Å². The second-order valence-electron chi connectivity index (χ2n) is 3.67. The van der Waals surface area contributed by atoms with Gasteiger partial charge in [-0.25, -0.2) is 0 Å². The monoisotopic (exact) mass is 332 g/mol. The Hall–Kier alpha value is -0.930. The van der Waals surface area contributed by atoms with Gasteiger partial charge in [0.1, 0.15) is 0 Å². The second kappa shape index (κ2) is 6.49. The maximum Gasteiger partial charge on any atom is 0.0935 e. The lowest BCUT2D eigenvalue weighted by Crippen LogP contribution is -1.92. The van der Waals surface area contributed by atoms with E-state index >= 15 is 0 Å². The van der Waals surface area contributed by atoms with Crippen LogP contribution in [-0.4, -0.2) is 6.21 Å². The van der Waals surface area contributed by atoms with Crippen molar-refractivity contribution in [2.75, 3.05) is 5.43 Å². The average Bonchev–Trinajstić information content (AvgIpc) is 2.34. The van der Waals surface area contributed by atoms with Crippen LogP contribution >= 0.6 is 46.4 Å². The third-order valence-corrected chi connectivity index (χ3v) is 3.33. The SMILES string of the molecule is Clc1ccc(/C=N/Nc2c(Cl)cc(Cl)cc2Cl)cc1. The van der Waals surface area contributed by atoms with E-state index in [1.165, 1.54) is 0 Å². The molecule has 2 aromatic rings. The molecule has 0 aliphatic carbocycles. The summed E-state index contributed by atoms with van der Waals surface area (Å²) >= 11 is 23.6. The van der Waals surface area contributed by atoms with Crippen LogP contribution in [-0.2, 0) is 0 Å². The molecular formula is C13H8Cl4N2. The van der Waals surface area contributed by atoms with E-state index in [9.17, 15) is 0 Å². The highest BCUT2D eigenvalue weighted by Crippen LogP contribution is 2.33. The number of hydrogen-bond acceptors (Lipinski definition) is 2. The minimum absolute atomic E-state index is 0.408. The third-order valence-electron chi connectivity index (χ3n) is 2.27. The molecule has 0 radical (unpaired) electrons. The van der Waals surface area contributed by atoms with Crippen molar-refractivity contribution in [1.82, 2.24) is 0 Å². The molecule has 2 nitrogen and oxygen atoms in total. The third kappa shape index (κ3) is 4.02. The first-order chi connectivity index (χ1) is 9.06. The molecule has 0 aliphatic rings. The molecule has 6 heteroatoms. The summed E-state index contributed by atoms with van der Waals surface area (Å²) in [6.45, 7) is 0. The van der Waals surface area contributed by atoms with E-state index < -0.39 is 0 Å². The van der Waals surface area contributed by atoms with Crippen LogP contribution in [0.1, 0.15) is 5.56 Å². The Balaban J connectivity index is 2.12. The Morgan fingerprint density at radius 1 is 0.842 bits per heavy atom. The van der Waals surface area contributed by atoms with Gasteiger partial charge in [-0.3, -0.25) is 5.43 Å². The Morgan fingerprint density at radius 3 is 2.00 bits per heavy atom. The van der Waals surface area contributed by atoms with E-state index in [0.717, 1.165) is 5.56 Å². The molecular weight excluding hydrogens is 326 g/mol. The molecule has 0 aromatic heterocycles. The Labute approximate surface area is 130 Å². The van der Waals surface area contributed by atoms with E-state index in [1.807, 2.05) is 12.1 Å². The minimum Gasteiger partial charge on any atom is -0.275 e. The number of hydrazone groups is 1. The molecule has 0 unspecified atom stereocenters. The van der Waals surface area contributed by atoms with E-state index in [0.29, 0.717) is 25.8 Å². The molecule has 0 heterocycles.